The van der Waals surface area contributed by atoms with E-state index in [1.54, 1.807) is 13.8 Å². The van der Waals surface area contributed by atoms with E-state index in [-0.39, 0.29) is 5.92 Å². The van der Waals surface area contributed by atoms with Crippen molar-refractivity contribution in [1.29, 1.82) is 10.7 Å². The average Bonchev–Trinajstić information content (AvgIpc) is 1.85. The maximum Gasteiger partial charge on any atom is 0.0741 e. The van der Waals surface area contributed by atoms with Gasteiger partial charge in [-0.05, 0) is 13.8 Å². The summed E-state index contributed by atoms with van der Waals surface area (Å²) in [6, 6.07) is 2.05. The molecule has 1 unspecified atom stereocenters. The summed E-state index contributed by atoms with van der Waals surface area (Å²) in [6.07, 6.45) is 0. The largest absolute Gasteiger partial charge is 0.298 e. The Hall–Kier alpha value is -0.750. The first-order valence-corrected chi connectivity index (χ1v) is 3.71. The minimum atomic E-state index is -0.162. The molecule has 1 atom stereocenters. The highest BCUT2D eigenvalue weighted by molar-refractivity contribution is 8.17. The van der Waals surface area contributed by atoms with E-state index in [0.29, 0.717) is 5.04 Å². The number of thioether (sulfide) groups is 1. The maximum absolute atomic E-state index is 8.42. The van der Waals surface area contributed by atoms with Gasteiger partial charge in [0.25, 0.3) is 0 Å². The topological polar surface area (TPSA) is 47.6 Å². The van der Waals surface area contributed by atoms with Crippen molar-refractivity contribution in [2.45, 2.75) is 13.8 Å². The highest BCUT2D eigenvalue weighted by atomic mass is 32.2. The first-order valence-electron chi connectivity index (χ1n) is 2.89. The monoisotopic (exact) mass is 154 g/mol. The quantitative estimate of drug-likeness (QED) is 0.490. The number of hydrogen-bond donors (Lipinski definition) is 1. The van der Waals surface area contributed by atoms with Gasteiger partial charge in [-0.3, -0.25) is 5.41 Å². The summed E-state index contributed by atoms with van der Waals surface area (Å²) in [5.74, 6) is -0.162. The van der Waals surface area contributed by atoms with E-state index in [2.05, 4.69) is 12.6 Å². The van der Waals surface area contributed by atoms with Gasteiger partial charge in [0.1, 0.15) is 0 Å². The first-order chi connectivity index (χ1) is 4.57. The van der Waals surface area contributed by atoms with Gasteiger partial charge in [0.2, 0.25) is 0 Å². The Labute approximate surface area is 65.4 Å². The molecule has 10 heavy (non-hydrogen) atoms. The second-order valence-corrected chi connectivity index (χ2v) is 3.32. The second-order valence-electron chi connectivity index (χ2n) is 1.98. The van der Waals surface area contributed by atoms with Crippen molar-refractivity contribution in [1.82, 2.24) is 0 Å². The van der Waals surface area contributed by atoms with Gasteiger partial charge in [-0.1, -0.05) is 18.3 Å². The molecule has 0 radical (unpaired) electrons. The van der Waals surface area contributed by atoms with E-state index in [1.807, 2.05) is 0 Å². The molecule has 0 rings (SSSR count). The van der Waals surface area contributed by atoms with Crippen LogP contribution in [0.5, 0.6) is 0 Å². The SMILES string of the molecule is C=C(SC(C)=N)C(C)C#N. The lowest BCUT2D eigenvalue weighted by atomic mass is 10.2. The minimum absolute atomic E-state index is 0.162. The molecule has 0 aromatic rings. The first kappa shape index (κ1) is 9.25. The zero-order valence-electron chi connectivity index (χ0n) is 6.14. The van der Waals surface area contributed by atoms with Gasteiger partial charge in [0.15, 0.2) is 0 Å². The van der Waals surface area contributed by atoms with Crippen LogP contribution in [0, 0.1) is 22.7 Å². The van der Waals surface area contributed by atoms with Crippen molar-refractivity contribution in [2.24, 2.45) is 5.92 Å². The van der Waals surface area contributed by atoms with Gasteiger partial charge >= 0.3 is 0 Å². The Bertz CT molecular complexity index is 190. The predicted molar refractivity (Wildman–Crippen MR) is 44.9 cm³/mol. The lowest BCUT2D eigenvalue weighted by Gasteiger charge is -2.03. The molecule has 0 aliphatic heterocycles. The van der Waals surface area contributed by atoms with Crippen LogP contribution in [0.25, 0.3) is 0 Å². The standard InChI is InChI=1S/C7H10N2S/c1-5(4-8)6(2)10-7(3)9/h5,9H,2H2,1,3H3. The van der Waals surface area contributed by atoms with E-state index in [1.165, 1.54) is 11.8 Å². The molecule has 0 aliphatic rings. The van der Waals surface area contributed by atoms with Crippen molar-refractivity contribution < 1.29 is 0 Å². The van der Waals surface area contributed by atoms with Crippen LogP contribution < -0.4 is 0 Å². The smallest absolute Gasteiger partial charge is 0.0741 e. The van der Waals surface area contributed by atoms with Crippen molar-refractivity contribution in [3.8, 4) is 6.07 Å². The van der Waals surface area contributed by atoms with Crippen LogP contribution in [0.1, 0.15) is 13.8 Å². The lowest BCUT2D eigenvalue weighted by Crippen LogP contribution is -1.92. The summed E-state index contributed by atoms with van der Waals surface area (Å²) < 4.78 is 0. The molecule has 0 amide bonds. The van der Waals surface area contributed by atoms with Crippen LogP contribution in [-0.2, 0) is 0 Å². The third kappa shape index (κ3) is 3.31. The molecule has 0 bridgehead atoms. The highest BCUT2D eigenvalue weighted by Crippen LogP contribution is 2.21. The van der Waals surface area contributed by atoms with Gasteiger partial charge in [0.05, 0.1) is 17.0 Å². The number of nitriles is 1. The average molecular weight is 154 g/mol. The maximum atomic E-state index is 8.42. The number of nitrogens with zero attached hydrogens (tertiary/aromatic N) is 1. The van der Waals surface area contributed by atoms with Gasteiger partial charge in [-0.2, -0.15) is 5.26 Å². The molecular weight excluding hydrogens is 144 g/mol. The van der Waals surface area contributed by atoms with Crippen molar-refractivity contribution in [2.75, 3.05) is 0 Å². The summed E-state index contributed by atoms with van der Waals surface area (Å²) in [6.45, 7) is 7.12. The highest BCUT2D eigenvalue weighted by Gasteiger charge is 2.05. The molecule has 0 saturated heterocycles. The fourth-order valence-corrected chi connectivity index (χ4v) is 0.980. The molecule has 0 spiro atoms. The van der Waals surface area contributed by atoms with Crippen LogP contribution in [0.3, 0.4) is 0 Å². The summed E-state index contributed by atoms with van der Waals surface area (Å²) in [5, 5.41) is 16.0. The zero-order valence-corrected chi connectivity index (χ0v) is 6.96. The Morgan fingerprint density at radius 1 is 1.80 bits per heavy atom. The second kappa shape index (κ2) is 4.13. The van der Waals surface area contributed by atoms with Gasteiger partial charge in [-0.25, -0.2) is 0 Å². The fourth-order valence-electron chi connectivity index (χ4n) is 0.357. The molecule has 3 heteroatoms. The molecule has 0 saturated carbocycles. The number of hydrogen-bond acceptors (Lipinski definition) is 3. The van der Waals surface area contributed by atoms with Crippen LogP contribution >= 0.6 is 11.8 Å². The van der Waals surface area contributed by atoms with Gasteiger partial charge in [0, 0.05) is 4.91 Å². The minimum Gasteiger partial charge on any atom is -0.298 e. The summed E-state index contributed by atoms with van der Waals surface area (Å²) >= 11 is 1.25. The number of nitrogens with one attached hydrogen (secondary N) is 1. The molecule has 0 heterocycles. The van der Waals surface area contributed by atoms with Crippen molar-refractivity contribution >= 4 is 16.8 Å². The third-order valence-corrected chi connectivity index (χ3v) is 1.88. The summed E-state index contributed by atoms with van der Waals surface area (Å²) in [4.78, 5) is 0.745. The Morgan fingerprint density at radius 2 is 2.30 bits per heavy atom. The molecular formula is C7H10N2S. The van der Waals surface area contributed by atoms with Crippen molar-refractivity contribution in [3.63, 3.8) is 0 Å². The zero-order chi connectivity index (χ0) is 8.15. The molecule has 0 fully saturated rings. The molecule has 1 N–H and O–H groups in total. The molecule has 0 aromatic carbocycles. The lowest BCUT2D eigenvalue weighted by molar-refractivity contribution is 0.944. The number of allylic oxidation sites excluding steroid dienone is 1. The summed E-state index contributed by atoms with van der Waals surface area (Å²) in [5.41, 5.74) is 0. The van der Waals surface area contributed by atoms with Crippen LogP contribution in [-0.4, -0.2) is 5.04 Å². The fraction of sp³-hybridized carbons (Fsp3) is 0.429. The Morgan fingerprint density at radius 3 is 2.60 bits per heavy atom. The van der Waals surface area contributed by atoms with E-state index in [9.17, 15) is 0 Å². The number of rotatable bonds is 2. The van der Waals surface area contributed by atoms with E-state index in [4.69, 9.17) is 10.7 Å². The molecule has 0 aliphatic carbocycles. The van der Waals surface area contributed by atoms with E-state index < -0.39 is 0 Å². The normalized spacial score (nSPS) is 11.7. The molecule has 0 aromatic heterocycles. The molecule has 2 nitrogen and oxygen atoms in total. The van der Waals surface area contributed by atoms with Crippen LogP contribution in [0.4, 0.5) is 0 Å². The van der Waals surface area contributed by atoms with E-state index >= 15 is 0 Å². The summed E-state index contributed by atoms with van der Waals surface area (Å²) in [7, 11) is 0. The third-order valence-electron chi connectivity index (χ3n) is 0.961. The van der Waals surface area contributed by atoms with Crippen molar-refractivity contribution in [3.05, 3.63) is 11.5 Å². The van der Waals surface area contributed by atoms with Crippen LogP contribution in [0.2, 0.25) is 0 Å². The Kier molecular flexibility index (Phi) is 3.82. The van der Waals surface area contributed by atoms with E-state index in [0.717, 1.165) is 4.91 Å². The predicted octanol–water partition coefficient (Wildman–Crippen LogP) is 2.39. The molecule has 54 valence electrons. The van der Waals surface area contributed by atoms with Crippen LogP contribution in [0.15, 0.2) is 11.5 Å². The van der Waals surface area contributed by atoms with Gasteiger partial charge < -0.3 is 0 Å². The van der Waals surface area contributed by atoms with Gasteiger partial charge in [-0.15, -0.1) is 0 Å². The Balaban J connectivity index is 3.88.